The van der Waals surface area contributed by atoms with E-state index in [-0.39, 0.29) is 22.5 Å². The van der Waals surface area contributed by atoms with Crippen molar-refractivity contribution >= 4 is 11.9 Å². The third-order valence-electron chi connectivity index (χ3n) is 3.50. The molecule has 7 nitrogen and oxygen atoms in total. The lowest BCUT2D eigenvalue weighted by Gasteiger charge is -2.10. The maximum atomic E-state index is 11.3. The fourth-order valence-electron chi connectivity index (χ4n) is 2.28. The molecule has 0 atom stereocenters. The van der Waals surface area contributed by atoms with Gasteiger partial charge in [-0.2, -0.15) is 0 Å². The number of carboxylic acid groups (broad SMARTS) is 2. The molecule has 0 radical (unpaired) electrons. The summed E-state index contributed by atoms with van der Waals surface area (Å²) in [6, 6.07) is 8.74. The van der Waals surface area contributed by atoms with E-state index in [0.29, 0.717) is 11.4 Å². The fraction of sp³-hybridized carbons (Fsp3) is 0.0556. The second kappa shape index (κ2) is 6.48. The van der Waals surface area contributed by atoms with Crippen molar-refractivity contribution in [2.45, 2.75) is 6.92 Å². The maximum Gasteiger partial charge on any atom is 0.0901 e. The predicted octanol–water partition coefficient (Wildman–Crippen LogP) is 0.241. The Morgan fingerprint density at radius 1 is 0.760 bits per heavy atom. The van der Waals surface area contributed by atoms with Gasteiger partial charge in [-0.05, 0) is 48.9 Å². The van der Waals surface area contributed by atoms with E-state index in [1.54, 1.807) is 18.3 Å². The molecule has 3 aromatic rings. The van der Waals surface area contributed by atoms with E-state index >= 15 is 0 Å². The van der Waals surface area contributed by atoms with Crippen LogP contribution >= 0.6 is 0 Å². The standard InChI is InChI=1S/C18H13N3O4/c1-10-2-4-19-13(6-10)15-8-12(18(24)25)9-16(21-15)14-7-11(17(22)23)3-5-20-14/h2-9H,1H3,(H,22,23)(H,24,25)/p-2. The predicted molar refractivity (Wildman–Crippen MR) is 84.1 cm³/mol. The van der Waals surface area contributed by atoms with E-state index in [1.165, 1.54) is 30.5 Å². The van der Waals surface area contributed by atoms with E-state index in [0.717, 1.165) is 5.56 Å². The molecule has 25 heavy (non-hydrogen) atoms. The lowest BCUT2D eigenvalue weighted by Crippen LogP contribution is -2.23. The number of carboxylic acids is 2. The van der Waals surface area contributed by atoms with Crippen molar-refractivity contribution in [2.75, 3.05) is 0 Å². The molecule has 3 aromatic heterocycles. The Balaban J connectivity index is 2.18. The molecule has 0 amide bonds. The zero-order valence-corrected chi connectivity index (χ0v) is 13.1. The molecule has 0 aromatic carbocycles. The second-order valence-corrected chi connectivity index (χ2v) is 5.35. The van der Waals surface area contributed by atoms with Gasteiger partial charge in [-0.1, -0.05) is 0 Å². The number of pyridine rings is 3. The van der Waals surface area contributed by atoms with Crippen molar-refractivity contribution in [3.05, 3.63) is 65.5 Å². The Kier molecular flexibility index (Phi) is 4.21. The quantitative estimate of drug-likeness (QED) is 0.671. The first-order chi connectivity index (χ1) is 11.9. The van der Waals surface area contributed by atoms with Crippen molar-refractivity contribution in [2.24, 2.45) is 0 Å². The van der Waals surface area contributed by atoms with Crippen molar-refractivity contribution < 1.29 is 19.8 Å². The summed E-state index contributed by atoms with van der Waals surface area (Å²) in [4.78, 5) is 35.0. The molecular formula is C18H11N3O4-2. The summed E-state index contributed by atoms with van der Waals surface area (Å²) >= 11 is 0. The van der Waals surface area contributed by atoms with E-state index in [1.807, 2.05) is 6.92 Å². The van der Waals surface area contributed by atoms with Gasteiger partial charge >= 0.3 is 0 Å². The Labute approximate surface area is 142 Å². The summed E-state index contributed by atoms with van der Waals surface area (Å²) in [5.74, 6) is -2.74. The molecule has 3 rings (SSSR count). The lowest BCUT2D eigenvalue weighted by molar-refractivity contribution is -0.256. The summed E-state index contributed by atoms with van der Waals surface area (Å²) in [6.45, 7) is 1.87. The molecule has 0 aliphatic rings. The Bertz CT molecular complexity index is 986. The van der Waals surface area contributed by atoms with Gasteiger partial charge in [0, 0.05) is 23.5 Å². The molecule has 0 saturated heterocycles. The van der Waals surface area contributed by atoms with E-state index < -0.39 is 11.9 Å². The maximum absolute atomic E-state index is 11.3. The summed E-state index contributed by atoms with van der Waals surface area (Å²) in [5.41, 5.74) is 1.96. The van der Waals surface area contributed by atoms with E-state index in [9.17, 15) is 19.8 Å². The minimum absolute atomic E-state index is 0.0825. The van der Waals surface area contributed by atoms with Gasteiger partial charge in [-0.25, -0.2) is 4.98 Å². The molecule has 0 saturated carbocycles. The van der Waals surface area contributed by atoms with Crippen LogP contribution in [0.1, 0.15) is 26.3 Å². The molecule has 0 bridgehead atoms. The molecule has 0 N–H and O–H groups in total. The zero-order valence-electron chi connectivity index (χ0n) is 13.1. The highest BCUT2D eigenvalue weighted by Crippen LogP contribution is 2.23. The van der Waals surface area contributed by atoms with Crippen molar-refractivity contribution in [3.8, 4) is 22.8 Å². The van der Waals surface area contributed by atoms with Gasteiger partial charge in [0.05, 0.1) is 34.7 Å². The minimum Gasteiger partial charge on any atom is -0.545 e. The fourth-order valence-corrected chi connectivity index (χ4v) is 2.28. The molecule has 0 aliphatic carbocycles. The number of aromatic nitrogens is 3. The number of aromatic carboxylic acids is 2. The lowest BCUT2D eigenvalue weighted by atomic mass is 10.1. The summed E-state index contributed by atoms with van der Waals surface area (Å²) in [6.07, 6.45) is 2.88. The highest BCUT2D eigenvalue weighted by atomic mass is 16.4. The number of nitrogens with zero attached hydrogens (tertiary/aromatic N) is 3. The zero-order chi connectivity index (χ0) is 18.0. The normalized spacial score (nSPS) is 10.4. The van der Waals surface area contributed by atoms with Crippen LogP contribution < -0.4 is 10.2 Å². The largest absolute Gasteiger partial charge is 0.545 e. The number of carbonyl (C=O) groups excluding carboxylic acids is 2. The van der Waals surface area contributed by atoms with Crippen molar-refractivity contribution in [1.82, 2.24) is 15.0 Å². The number of carbonyl (C=O) groups is 2. The topological polar surface area (TPSA) is 119 Å². The van der Waals surface area contributed by atoms with Crippen LogP contribution in [0, 0.1) is 6.92 Å². The Morgan fingerprint density at radius 2 is 1.28 bits per heavy atom. The average Bonchev–Trinajstić information content (AvgIpc) is 2.61. The first-order valence-corrected chi connectivity index (χ1v) is 7.28. The highest BCUT2D eigenvalue weighted by molar-refractivity contribution is 5.90. The molecule has 7 heteroatoms. The molecule has 0 spiro atoms. The smallest absolute Gasteiger partial charge is 0.0901 e. The van der Waals surface area contributed by atoms with Gasteiger partial charge in [-0.15, -0.1) is 0 Å². The number of rotatable bonds is 4. The monoisotopic (exact) mass is 333 g/mol. The van der Waals surface area contributed by atoms with Crippen molar-refractivity contribution in [3.63, 3.8) is 0 Å². The van der Waals surface area contributed by atoms with Crippen LogP contribution in [-0.2, 0) is 0 Å². The van der Waals surface area contributed by atoms with Gasteiger partial charge in [0.2, 0.25) is 0 Å². The number of aryl methyl sites for hydroxylation is 1. The van der Waals surface area contributed by atoms with Gasteiger partial charge in [0.25, 0.3) is 0 Å². The second-order valence-electron chi connectivity index (χ2n) is 5.35. The van der Waals surface area contributed by atoms with Gasteiger partial charge < -0.3 is 19.8 Å². The van der Waals surface area contributed by atoms with E-state index in [4.69, 9.17) is 0 Å². The Hall–Kier alpha value is -3.61. The van der Waals surface area contributed by atoms with Crippen LogP contribution in [0.15, 0.2) is 48.8 Å². The number of hydrogen-bond acceptors (Lipinski definition) is 7. The van der Waals surface area contributed by atoms with Crippen LogP contribution in [0.5, 0.6) is 0 Å². The third-order valence-corrected chi connectivity index (χ3v) is 3.50. The van der Waals surface area contributed by atoms with Crippen LogP contribution in [0.2, 0.25) is 0 Å². The number of hydrogen-bond donors (Lipinski definition) is 0. The first kappa shape index (κ1) is 16.3. The molecular weight excluding hydrogens is 322 g/mol. The first-order valence-electron chi connectivity index (χ1n) is 7.28. The molecule has 0 unspecified atom stereocenters. The van der Waals surface area contributed by atoms with Crippen molar-refractivity contribution in [1.29, 1.82) is 0 Å². The molecule has 124 valence electrons. The van der Waals surface area contributed by atoms with Crippen LogP contribution in [-0.4, -0.2) is 26.9 Å². The highest BCUT2D eigenvalue weighted by Gasteiger charge is 2.10. The summed E-state index contributed by atoms with van der Waals surface area (Å²) < 4.78 is 0. The molecule has 3 heterocycles. The minimum atomic E-state index is -1.38. The van der Waals surface area contributed by atoms with Gasteiger partial charge in [0.15, 0.2) is 0 Å². The van der Waals surface area contributed by atoms with Crippen LogP contribution in [0.3, 0.4) is 0 Å². The van der Waals surface area contributed by atoms with Gasteiger partial charge in [0.1, 0.15) is 0 Å². The summed E-state index contributed by atoms with van der Waals surface area (Å²) in [7, 11) is 0. The third kappa shape index (κ3) is 3.50. The van der Waals surface area contributed by atoms with E-state index in [2.05, 4.69) is 15.0 Å². The van der Waals surface area contributed by atoms with Crippen LogP contribution in [0.4, 0.5) is 0 Å². The average molecular weight is 333 g/mol. The van der Waals surface area contributed by atoms with Gasteiger partial charge in [-0.3, -0.25) is 9.97 Å². The molecule has 0 aliphatic heterocycles. The van der Waals surface area contributed by atoms with Crippen LogP contribution in [0.25, 0.3) is 22.8 Å². The SMILES string of the molecule is Cc1ccnc(-c2cc(C(=O)[O-])cc(-c3cc(C(=O)[O-])ccn3)n2)c1. The summed E-state index contributed by atoms with van der Waals surface area (Å²) in [5, 5.41) is 22.3. The Morgan fingerprint density at radius 3 is 1.84 bits per heavy atom. The molecule has 0 fully saturated rings.